The van der Waals surface area contributed by atoms with Crippen molar-refractivity contribution in [3.05, 3.63) is 85.9 Å². The number of thiophene rings is 1. The maximum atomic E-state index is 13.3. The molecule has 8 heteroatoms. The third kappa shape index (κ3) is 3.30. The van der Waals surface area contributed by atoms with E-state index in [4.69, 9.17) is 4.98 Å². The largest absolute Gasteiger partial charge is 0.312 e. The SMILES string of the molecule is O=c1[nH]c(CN2C[C@@H]3C[C@@H](C2)c2cccc(=O)n2C3)nc2scc(-c3ccc(F)cc3)c12. The van der Waals surface area contributed by atoms with Crippen LogP contribution in [0.2, 0.25) is 0 Å². The fourth-order valence-corrected chi connectivity index (χ4v) is 6.21. The smallest absolute Gasteiger partial charge is 0.260 e. The van der Waals surface area contributed by atoms with Crippen LogP contribution in [-0.4, -0.2) is 32.5 Å². The predicted octanol–water partition coefficient (Wildman–Crippen LogP) is 3.57. The first-order valence-electron chi connectivity index (χ1n) is 10.7. The number of aromatic amines is 1. The second-order valence-electron chi connectivity index (χ2n) is 8.74. The molecule has 0 spiro atoms. The first-order chi connectivity index (χ1) is 15.5. The van der Waals surface area contributed by atoms with E-state index < -0.39 is 0 Å². The molecule has 0 saturated carbocycles. The van der Waals surface area contributed by atoms with Gasteiger partial charge in [0.1, 0.15) is 16.5 Å². The van der Waals surface area contributed by atoms with Crippen molar-refractivity contribution in [1.82, 2.24) is 19.4 Å². The predicted molar refractivity (Wildman–Crippen MR) is 122 cm³/mol. The van der Waals surface area contributed by atoms with Crippen molar-refractivity contribution in [3.8, 4) is 11.1 Å². The molecule has 1 fully saturated rings. The van der Waals surface area contributed by atoms with Crippen molar-refractivity contribution in [1.29, 1.82) is 0 Å². The van der Waals surface area contributed by atoms with Gasteiger partial charge in [0.15, 0.2) is 0 Å². The number of halogens is 1. The van der Waals surface area contributed by atoms with Gasteiger partial charge in [0.2, 0.25) is 0 Å². The molecule has 2 bridgehead atoms. The summed E-state index contributed by atoms with van der Waals surface area (Å²) in [6.45, 7) is 3.03. The minimum Gasteiger partial charge on any atom is -0.312 e. The number of aromatic nitrogens is 3. The maximum Gasteiger partial charge on any atom is 0.260 e. The van der Waals surface area contributed by atoms with Gasteiger partial charge in [-0.05, 0) is 36.1 Å². The molecule has 0 radical (unpaired) electrons. The first-order valence-corrected chi connectivity index (χ1v) is 11.6. The highest BCUT2D eigenvalue weighted by Gasteiger charge is 2.34. The van der Waals surface area contributed by atoms with E-state index in [1.807, 2.05) is 16.0 Å². The molecule has 4 aromatic rings. The second kappa shape index (κ2) is 7.50. The Kier molecular flexibility index (Phi) is 4.58. The summed E-state index contributed by atoms with van der Waals surface area (Å²) >= 11 is 1.43. The molecular formula is C24H21FN4O2S. The van der Waals surface area contributed by atoms with E-state index in [9.17, 15) is 14.0 Å². The van der Waals surface area contributed by atoms with E-state index in [0.29, 0.717) is 34.4 Å². The highest BCUT2D eigenvalue weighted by Crippen LogP contribution is 2.35. The highest BCUT2D eigenvalue weighted by atomic mass is 32.1. The number of piperidine rings is 1. The molecule has 5 heterocycles. The van der Waals surface area contributed by atoms with E-state index in [1.54, 1.807) is 18.2 Å². The molecule has 3 aromatic heterocycles. The molecule has 1 aromatic carbocycles. The van der Waals surface area contributed by atoms with Gasteiger partial charge in [-0.1, -0.05) is 18.2 Å². The number of fused-ring (bicyclic) bond motifs is 5. The van der Waals surface area contributed by atoms with Gasteiger partial charge in [0.05, 0.1) is 11.9 Å². The van der Waals surface area contributed by atoms with Gasteiger partial charge in [-0.3, -0.25) is 14.5 Å². The lowest BCUT2D eigenvalue weighted by atomic mass is 9.83. The molecule has 2 aliphatic rings. The van der Waals surface area contributed by atoms with Crippen LogP contribution in [0.25, 0.3) is 21.3 Å². The molecule has 0 amide bonds. The summed E-state index contributed by atoms with van der Waals surface area (Å²) < 4.78 is 15.2. The van der Waals surface area contributed by atoms with E-state index in [-0.39, 0.29) is 16.9 Å². The standard InChI is InChI=1S/C24H21FN4O2S/c25-17-6-4-15(5-7-17)18-13-32-24-22(18)23(31)26-20(27-24)12-28-9-14-8-16(11-28)19-2-1-3-21(30)29(19)10-14/h1-7,13-14,16H,8-12H2,(H,26,27,31)/t14-,16-/m0/s1. The van der Waals surface area contributed by atoms with Gasteiger partial charge >= 0.3 is 0 Å². The molecule has 6 nitrogen and oxygen atoms in total. The number of likely N-dealkylation sites (tertiary alicyclic amines) is 1. The number of pyridine rings is 1. The van der Waals surface area contributed by atoms with Gasteiger partial charge in [0.25, 0.3) is 11.1 Å². The third-order valence-corrected chi connectivity index (χ3v) is 7.45. The number of H-pyrrole nitrogens is 1. The average Bonchev–Trinajstić information content (AvgIpc) is 3.20. The zero-order valence-corrected chi connectivity index (χ0v) is 18.1. The monoisotopic (exact) mass is 448 g/mol. The van der Waals surface area contributed by atoms with Gasteiger partial charge in [-0.25, -0.2) is 9.37 Å². The maximum absolute atomic E-state index is 13.3. The molecule has 162 valence electrons. The topological polar surface area (TPSA) is 71.0 Å². The first kappa shape index (κ1) is 19.6. The molecular weight excluding hydrogens is 427 g/mol. The zero-order chi connectivity index (χ0) is 21.8. The van der Waals surface area contributed by atoms with Crippen LogP contribution in [0.4, 0.5) is 4.39 Å². The third-order valence-electron chi connectivity index (χ3n) is 6.58. The Hall–Kier alpha value is -3.10. The summed E-state index contributed by atoms with van der Waals surface area (Å²) in [6.07, 6.45) is 1.09. The quantitative estimate of drug-likeness (QED) is 0.520. The summed E-state index contributed by atoms with van der Waals surface area (Å²) in [4.78, 5) is 35.9. The number of hydrogen-bond acceptors (Lipinski definition) is 5. The lowest BCUT2D eigenvalue weighted by Gasteiger charge is -2.42. The number of rotatable bonds is 3. The lowest BCUT2D eigenvalue weighted by Crippen LogP contribution is -2.46. The molecule has 6 rings (SSSR count). The van der Waals surface area contributed by atoms with Crippen molar-refractivity contribution >= 4 is 21.6 Å². The second-order valence-corrected chi connectivity index (χ2v) is 9.60. The van der Waals surface area contributed by atoms with Gasteiger partial charge in [-0.15, -0.1) is 11.3 Å². The van der Waals surface area contributed by atoms with Crippen LogP contribution in [0.3, 0.4) is 0 Å². The minimum absolute atomic E-state index is 0.0803. The summed E-state index contributed by atoms with van der Waals surface area (Å²) in [6, 6.07) is 11.7. The van der Waals surface area contributed by atoms with E-state index in [1.165, 1.54) is 23.5 Å². The van der Waals surface area contributed by atoms with Crippen molar-refractivity contribution in [3.63, 3.8) is 0 Å². The van der Waals surface area contributed by atoms with Gasteiger partial charge in [0, 0.05) is 48.3 Å². The molecule has 2 aliphatic heterocycles. The van der Waals surface area contributed by atoms with Crippen LogP contribution in [-0.2, 0) is 13.1 Å². The Labute approximate surface area is 187 Å². The van der Waals surface area contributed by atoms with Crippen LogP contribution in [0.5, 0.6) is 0 Å². The summed E-state index contributed by atoms with van der Waals surface area (Å²) in [7, 11) is 0. The van der Waals surface area contributed by atoms with Crippen molar-refractivity contribution < 1.29 is 4.39 Å². The highest BCUT2D eigenvalue weighted by molar-refractivity contribution is 7.17. The summed E-state index contributed by atoms with van der Waals surface area (Å²) in [5.41, 5.74) is 2.60. The normalized spacial score (nSPS) is 20.4. The Bertz CT molecular complexity index is 1440. The van der Waals surface area contributed by atoms with Crippen LogP contribution in [0.1, 0.15) is 23.9 Å². The van der Waals surface area contributed by atoms with Crippen LogP contribution < -0.4 is 11.1 Å². The number of benzene rings is 1. The fourth-order valence-electron chi connectivity index (χ4n) is 5.25. The summed E-state index contributed by atoms with van der Waals surface area (Å²) in [5, 5.41) is 2.46. The van der Waals surface area contributed by atoms with Crippen molar-refractivity contribution in [2.24, 2.45) is 5.92 Å². The number of nitrogens with zero attached hydrogens (tertiary/aromatic N) is 3. The lowest BCUT2D eigenvalue weighted by molar-refractivity contribution is 0.112. The molecule has 32 heavy (non-hydrogen) atoms. The van der Waals surface area contributed by atoms with Gasteiger partial charge in [-0.2, -0.15) is 0 Å². The van der Waals surface area contributed by atoms with E-state index in [0.717, 1.165) is 42.9 Å². The van der Waals surface area contributed by atoms with Crippen LogP contribution in [0, 0.1) is 11.7 Å². The molecule has 0 unspecified atom stereocenters. The number of hydrogen-bond donors (Lipinski definition) is 1. The summed E-state index contributed by atoms with van der Waals surface area (Å²) in [5.74, 6) is 1.09. The van der Waals surface area contributed by atoms with Crippen LogP contribution >= 0.6 is 11.3 Å². The number of nitrogens with one attached hydrogen (secondary N) is 1. The molecule has 1 N–H and O–H groups in total. The van der Waals surface area contributed by atoms with Gasteiger partial charge < -0.3 is 9.55 Å². The van der Waals surface area contributed by atoms with Crippen molar-refractivity contribution in [2.45, 2.75) is 25.4 Å². The molecule has 1 saturated heterocycles. The Morgan fingerprint density at radius 2 is 1.94 bits per heavy atom. The van der Waals surface area contributed by atoms with E-state index >= 15 is 0 Å². The van der Waals surface area contributed by atoms with Crippen LogP contribution in [0.15, 0.2) is 57.4 Å². The average molecular weight is 449 g/mol. The minimum atomic E-state index is -0.304. The van der Waals surface area contributed by atoms with E-state index in [2.05, 4.69) is 16.0 Å². The Balaban J connectivity index is 1.28. The molecule has 0 aliphatic carbocycles. The Morgan fingerprint density at radius 3 is 2.78 bits per heavy atom. The van der Waals surface area contributed by atoms with Crippen molar-refractivity contribution in [2.75, 3.05) is 13.1 Å². The Morgan fingerprint density at radius 1 is 1.09 bits per heavy atom. The fraction of sp³-hybridized carbons (Fsp3) is 0.292. The zero-order valence-electron chi connectivity index (χ0n) is 17.3. The molecule has 2 atom stereocenters.